The van der Waals surface area contributed by atoms with Crippen LogP contribution in [0.1, 0.15) is 11.5 Å². The van der Waals surface area contributed by atoms with Gasteiger partial charge in [-0.05, 0) is 42.5 Å². The van der Waals surface area contributed by atoms with Gasteiger partial charge in [0.15, 0.2) is 0 Å². The molecule has 0 atom stereocenters. The van der Waals surface area contributed by atoms with E-state index in [1.165, 1.54) is 18.2 Å². The summed E-state index contributed by atoms with van der Waals surface area (Å²) in [6.45, 7) is -0.0390. The van der Waals surface area contributed by atoms with Crippen LogP contribution < -0.4 is 10.1 Å². The molecule has 0 spiro atoms. The monoisotopic (exact) mass is 402 g/mol. The molecule has 2 aromatic carbocycles. The summed E-state index contributed by atoms with van der Waals surface area (Å²) in [7, 11) is 0. The number of H-pyrrole nitrogens is 1. The molecule has 0 aliphatic heterocycles. The van der Waals surface area contributed by atoms with Crippen molar-refractivity contribution in [1.82, 2.24) is 15.0 Å². The number of imidazole rings is 1. The molecule has 148 valence electrons. The highest BCUT2D eigenvalue weighted by Crippen LogP contribution is 2.29. The summed E-state index contributed by atoms with van der Waals surface area (Å²) in [6.07, 6.45) is -3.50. The first kappa shape index (κ1) is 18.7. The zero-order chi connectivity index (χ0) is 20.4. The number of pyridine rings is 1. The molecule has 2 aromatic heterocycles. The number of aromatic nitrogens is 3. The highest BCUT2D eigenvalue weighted by Gasteiger charge is 2.32. The third kappa shape index (κ3) is 4.45. The van der Waals surface area contributed by atoms with Crippen LogP contribution in [-0.2, 0) is 12.8 Å². The normalized spacial score (nSPS) is 11.6. The third-order valence-corrected chi connectivity index (χ3v) is 4.04. The molecule has 5 nitrogen and oxygen atoms in total. The van der Waals surface area contributed by atoms with E-state index in [0.717, 1.165) is 17.8 Å². The molecule has 0 aliphatic carbocycles. The number of halogens is 4. The Morgan fingerprint density at radius 3 is 2.62 bits per heavy atom. The smallest absolute Gasteiger partial charge is 0.433 e. The molecule has 0 fully saturated rings. The molecule has 0 saturated heterocycles. The summed E-state index contributed by atoms with van der Waals surface area (Å²) < 4.78 is 56.9. The zero-order valence-electron chi connectivity index (χ0n) is 14.8. The molecule has 0 aliphatic rings. The van der Waals surface area contributed by atoms with E-state index in [1.807, 2.05) is 0 Å². The second-order valence-electron chi connectivity index (χ2n) is 6.21. The topological polar surface area (TPSA) is 62.8 Å². The Morgan fingerprint density at radius 2 is 1.83 bits per heavy atom. The van der Waals surface area contributed by atoms with Gasteiger partial charge >= 0.3 is 6.18 Å². The van der Waals surface area contributed by atoms with Crippen LogP contribution in [-0.4, -0.2) is 15.0 Å². The molecule has 0 bridgehead atoms. The Labute approximate surface area is 162 Å². The summed E-state index contributed by atoms with van der Waals surface area (Å²) in [5.41, 5.74) is 1.66. The number of nitrogens with zero attached hydrogens (tertiary/aromatic N) is 2. The molecular formula is C20H14F4N4O. The third-order valence-electron chi connectivity index (χ3n) is 4.04. The van der Waals surface area contributed by atoms with Crippen molar-refractivity contribution in [3.05, 3.63) is 78.1 Å². The second kappa shape index (κ2) is 7.42. The number of fused-ring (bicyclic) bond motifs is 1. The van der Waals surface area contributed by atoms with E-state index < -0.39 is 11.9 Å². The molecule has 29 heavy (non-hydrogen) atoms. The van der Waals surface area contributed by atoms with Gasteiger partial charge in [-0.1, -0.05) is 6.07 Å². The Bertz CT molecular complexity index is 1160. The second-order valence-corrected chi connectivity index (χ2v) is 6.21. The number of anilines is 2. The fourth-order valence-corrected chi connectivity index (χ4v) is 2.75. The first-order valence-electron chi connectivity index (χ1n) is 8.54. The quantitative estimate of drug-likeness (QED) is 0.437. The van der Waals surface area contributed by atoms with Gasteiger partial charge in [0.25, 0.3) is 0 Å². The van der Waals surface area contributed by atoms with Gasteiger partial charge in [-0.25, -0.2) is 9.37 Å². The Morgan fingerprint density at radius 1 is 1.00 bits per heavy atom. The molecule has 0 amide bonds. The maximum Gasteiger partial charge on any atom is 0.433 e. The number of alkyl halides is 3. The predicted octanol–water partition coefficient (Wildman–Crippen LogP) is 5.44. The number of nitrogens with one attached hydrogen (secondary N) is 2. The summed E-state index contributed by atoms with van der Waals surface area (Å²) in [5.74, 6) is 0.148. The molecule has 4 rings (SSSR count). The van der Waals surface area contributed by atoms with Crippen LogP contribution in [0.25, 0.3) is 11.0 Å². The van der Waals surface area contributed by atoms with Gasteiger partial charge < -0.3 is 15.0 Å². The van der Waals surface area contributed by atoms with Crippen molar-refractivity contribution in [1.29, 1.82) is 0 Å². The number of hydrogen-bond acceptors (Lipinski definition) is 4. The van der Waals surface area contributed by atoms with E-state index in [9.17, 15) is 17.6 Å². The van der Waals surface area contributed by atoms with Gasteiger partial charge in [-0.3, -0.25) is 4.98 Å². The van der Waals surface area contributed by atoms with Gasteiger partial charge in [-0.2, -0.15) is 13.2 Å². The van der Waals surface area contributed by atoms with E-state index in [1.54, 1.807) is 30.3 Å². The van der Waals surface area contributed by atoms with Crippen molar-refractivity contribution >= 4 is 22.4 Å². The van der Waals surface area contributed by atoms with Gasteiger partial charge in [0.1, 0.15) is 29.7 Å². The predicted molar refractivity (Wildman–Crippen MR) is 99.3 cm³/mol. The van der Waals surface area contributed by atoms with Crippen molar-refractivity contribution in [2.75, 3.05) is 5.32 Å². The van der Waals surface area contributed by atoms with Gasteiger partial charge in [0.05, 0.1) is 11.0 Å². The van der Waals surface area contributed by atoms with Crippen LogP contribution >= 0.6 is 0 Å². The first-order valence-corrected chi connectivity index (χ1v) is 8.54. The maximum absolute atomic E-state index is 13.3. The fourth-order valence-electron chi connectivity index (χ4n) is 2.75. The molecule has 2 heterocycles. The van der Waals surface area contributed by atoms with Crippen molar-refractivity contribution in [3.63, 3.8) is 0 Å². The first-order chi connectivity index (χ1) is 13.9. The van der Waals surface area contributed by atoms with Crippen LogP contribution in [0.3, 0.4) is 0 Å². The minimum Gasteiger partial charge on any atom is -0.486 e. The minimum absolute atomic E-state index is 0.0390. The summed E-state index contributed by atoms with van der Waals surface area (Å²) >= 11 is 0. The number of ether oxygens (including phenoxy) is 1. The lowest BCUT2D eigenvalue weighted by Gasteiger charge is -2.08. The van der Waals surface area contributed by atoms with Crippen molar-refractivity contribution in [2.24, 2.45) is 0 Å². The standard InChI is InChI=1S/C20H14F4N4O/c21-12-2-1-3-13(8-12)26-14-4-5-16-17(9-14)28-19(27-16)11-29-15-6-7-25-18(10-15)20(22,23)24/h1-10,26H,11H2,(H,27,28). The molecule has 0 unspecified atom stereocenters. The van der Waals surface area contributed by atoms with Gasteiger partial charge in [0.2, 0.25) is 0 Å². The zero-order valence-corrected chi connectivity index (χ0v) is 14.8. The number of rotatable bonds is 5. The SMILES string of the molecule is Fc1cccc(Nc2ccc3[nH]c(COc4ccnc(C(F)(F)F)c4)nc3c2)c1. The fraction of sp³-hybridized carbons (Fsp3) is 0.100. The number of aromatic amines is 1. The molecule has 0 saturated carbocycles. The average Bonchev–Trinajstić information content (AvgIpc) is 3.08. The van der Waals surface area contributed by atoms with E-state index in [-0.39, 0.29) is 18.2 Å². The van der Waals surface area contributed by atoms with Crippen molar-refractivity contribution in [2.45, 2.75) is 12.8 Å². The lowest BCUT2D eigenvalue weighted by molar-refractivity contribution is -0.141. The van der Waals surface area contributed by atoms with E-state index in [0.29, 0.717) is 22.7 Å². The van der Waals surface area contributed by atoms with Crippen molar-refractivity contribution in [3.8, 4) is 5.75 Å². The highest BCUT2D eigenvalue weighted by atomic mass is 19.4. The Kier molecular flexibility index (Phi) is 4.79. The highest BCUT2D eigenvalue weighted by molar-refractivity contribution is 5.80. The molecule has 9 heteroatoms. The van der Waals surface area contributed by atoms with Crippen molar-refractivity contribution < 1.29 is 22.3 Å². The lowest BCUT2D eigenvalue weighted by atomic mass is 10.2. The summed E-state index contributed by atoms with van der Waals surface area (Å²) in [6, 6.07) is 13.6. The van der Waals surface area contributed by atoms with Crippen LogP contribution in [0.4, 0.5) is 28.9 Å². The molecular weight excluding hydrogens is 388 g/mol. The summed E-state index contributed by atoms with van der Waals surface area (Å²) in [4.78, 5) is 10.7. The summed E-state index contributed by atoms with van der Waals surface area (Å²) in [5, 5.41) is 3.09. The Hall–Kier alpha value is -3.62. The van der Waals surface area contributed by atoms with E-state index >= 15 is 0 Å². The molecule has 0 radical (unpaired) electrons. The molecule has 4 aromatic rings. The van der Waals surface area contributed by atoms with Gasteiger partial charge in [-0.15, -0.1) is 0 Å². The average molecular weight is 402 g/mol. The lowest BCUT2D eigenvalue weighted by Crippen LogP contribution is -2.08. The van der Waals surface area contributed by atoms with Crippen LogP contribution in [0.2, 0.25) is 0 Å². The van der Waals surface area contributed by atoms with E-state index in [2.05, 4.69) is 20.3 Å². The number of benzene rings is 2. The number of hydrogen-bond donors (Lipinski definition) is 2. The maximum atomic E-state index is 13.3. The minimum atomic E-state index is -4.54. The van der Waals surface area contributed by atoms with Crippen LogP contribution in [0.5, 0.6) is 5.75 Å². The van der Waals surface area contributed by atoms with E-state index in [4.69, 9.17) is 4.74 Å². The molecule has 2 N–H and O–H groups in total. The van der Waals surface area contributed by atoms with Crippen LogP contribution in [0, 0.1) is 5.82 Å². The van der Waals surface area contributed by atoms with Gasteiger partial charge in [0, 0.05) is 23.6 Å². The Balaban J connectivity index is 1.48. The van der Waals surface area contributed by atoms with Crippen LogP contribution in [0.15, 0.2) is 60.8 Å². The largest absolute Gasteiger partial charge is 0.486 e.